The molecular weight excluding hydrogens is 352 g/mol. The normalized spacial score (nSPS) is 13.0. The molecule has 3 aromatic rings. The highest BCUT2D eigenvalue weighted by atomic mass is 32.2. The van der Waals surface area contributed by atoms with Crippen molar-refractivity contribution in [1.29, 1.82) is 0 Å². The number of thioether (sulfide) groups is 1. The van der Waals surface area contributed by atoms with E-state index < -0.39 is 0 Å². The van der Waals surface area contributed by atoms with E-state index in [0.717, 1.165) is 10.5 Å². The lowest BCUT2D eigenvalue weighted by molar-refractivity contribution is -0.113. The predicted octanol–water partition coefficient (Wildman–Crippen LogP) is 1.64. The number of nitrogens with zero attached hydrogens (tertiary/aromatic N) is 4. The summed E-state index contributed by atoms with van der Waals surface area (Å²) in [5, 5.41) is 9.65. The lowest BCUT2D eigenvalue weighted by Crippen LogP contribution is -2.24. The number of hydrogen-bond donors (Lipinski definition) is 2. The van der Waals surface area contributed by atoms with Crippen LogP contribution in [0.4, 0.5) is 5.69 Å². The van der Waals surface area contributed by atoms with Crippen LogP contribution in [-0.4, -0.2) is 37.3 Å². The minimum absolute atomic E-state index is 0.0568. The number of amides is 2. The fourth-order valence-corrected chi connectivity index (χ4v) is 3.28. The number of benzene rings is 1. The highest BCUT2D eigenvalue weighted by Crippen LogP contribution is 2.31. The van der Waals surface area contributed by atoms with Crippen LogP contribution in [0.1, 0.15) is 15.9 Å². The molecule has 130 valence electrons. The van der Waals surface area contributed by atoms with Crippen molar-refractivity contribution in [3.8, 4) is 5.82 Å². The molecule has 0 spiro atoms. The maximum atomic E-state index is 12.4. The lowest BCUT2D eigenvalue weighted by atomic mass is 10.1. The fraction of sp³-hybridized carbons (Fsp3) is 0.118. The van der Waals surface area contributed by atoms with Crippen LogP contribution >= 0.6 is 11.8 Å². The highest BCUT2D eigenvalue weighted by Gasteiger charge is 2.17. The van der Waals surface area contributed by atoms with Crippen molar-refractivity contribution in [2.75, 3.05) is 11.1 Å². The first-order chi connectivity index (χ1) is 12.7. The molecule has 0 saturated carbocycles. The quantitative estimate of drug-likeness (QED) is 0.728. The molecule has 0 radical (unpaired) electrons. The van der Waals surface area contributed by atoms with Gasteiger partial charge in [-0.2, -0.15) is 5.10 Å². The van der Waals surface area contributed by atoms with Crippen LogP contribution in [0.15, 0.2) is 54.1 Å². The second-order valence-electron chi connectivity index (χ2n) is 5.60. The monoisotopic (exact) mass is 366 g/mol. The topological polar surface area (TPSA) is 102 Å². The molecule has 0 saturated heterocycles. The number of fused-ring (bicyclic) bond motifs is 1. The standard InChI is InChI=1S/C17H14N6O2S/c24-16-8-26-14-3-2-12(5-13(14)22-16)17(25)20-7-11-1-4-15(19-6-11)23-10-18-9-21-23/h1-6,9-10H,7-8H2,(H,20,25)(H,22,24). The first kappa shape index (κ1) is 16.3. The van der Waals surface area contributed by atoms with E-state index in [1.165, 1.54) is 18.1 Å². The Morgan fingerprint density at radius 2 is 2.23 bits per heavy atom. The van der Waals surface area contributed by atoms with Gasteiger partial charge in [0.05, 0.1) is 11.4 Å². The second kappa shape index (κ2) is 6.96. The van der Waals surface area contributed by atoms with Gasteiger partial charge in [0.15, 0.2) is 5.82 Å². The number of carbonyl (C=O) groups excluding carboxylic acids is 2. The Kier molecular flexibility index (Phi) is 4.36. The van der Waals surface area contributed by atoms with Gasteiger partial charge in [-0.25, -0.2) is 14.6 Å². The van der Waals surface area contributed by atoms with Crippen LogP contribution in [0, 0.1) is 0 Å². The van der Waals surface area contributed by atoms with Gasteiger partial charge in [0, 0.05) is 23.2 Å². The third-order valence-corrected chi connectivity index (χ3v) is 4.86. The SMILES string of the molecule is O=C1CSc2ccc(C(=O)NCc3ccc(-n4cncn4)nc3)cc2N1. The molecule has 0 unspecified atom stereocenters. The van der Waals surface area contributed by atoms with Crippen LogP contribution in [-0.2, 0) is 11.3 Å². The smallest absolute Gasteiger partial charge is 0.251 e. The predicted molar refractivity (Wildman–Crippen MR) is 96.1 cm³/mol. The molecule has 9 heteroatoms. The van der Waals surface area contributed by atoms with Gasteiger partial charge in [-0.1, -0.05) is 6.07 Å². The molecule has 1 aliphatic heterocycles. The van der Waals surface area contributed by atoms with Crippen LogP contribution in [0.5, 0.6) is 0 Å². The van der Waals surface area contributed by atoms with Crippen molar-refractivity contribution in [2.45, 2.75) is 11.4 Å². The van der Waals surface area contributed by atoms with Crippen LogP contribution in [0.3, 0.4) is 0 Å². The average molecular weight is 366 g/mol. The zero-order valence-corrected chi connectivity index (χ0v) is 14.4. The number of rotatable bonds is 4. The average Bonchev–Trinajstić information content (AvgIpc) is 3.20. The molecule has 8 nitrogen and oxygen atoms in total. The molecule has 3 heterocycles. The Balaban J connectivity index is 1.41. The van der Waals surface area contributed by atoms with Gasteiger partial charge in [-0.05, 0) is 29.8 Å². The number of nitrogens with one attached hydrogen (secondary N) is 2. The molecule has 2 amide bonds. The summed E-state index contributed by atoms with van der Waals surface area (Å²) >= 11 is 1.46. The number of pyridine rings is 1. The van der Waals surface area contributed by atoms with Crippen LogP contribution in [0.25, 0.3) is 5.82 Å². The minimum atomic E-state index is -0.210. The van der Waals surface area contributed by atoms with Crippen molar-refractivity contribution in [1.82, 2.24) is 25.1 Å². The Morgan fingerprint density at radius 3 is 3.00 bits per heavy atom. The zero-order valence-electron chi connectivity index (χ0n) is 13.5. The van der Waals surface area contributed by atoms with Crippen molar-refractivity contribution in [3.63, 3.8) is 0 Å². The summed E-state index contributed by atoms with van der Waals surface area (Å²) in [5.74, 6) is 0.785. The maximum Gasteiger partial charge on any atom is 0.251 e. The first-order valence-electron chi connectivity index (χ1n) is 7.84. The van der Waals surface area contributed by atoms with E-state index in [2.05, 4.69) is 25.7 Å². The third-order valence-electron chi connectivity index (χ3n) is 3.79. The third kappa shape index (κ3) is 3.42. The Morgan fingerprint density at radius 1 is 1.31 bits per heavy atom. The van der Waals surface area contributed by atoms with E-state index in [1.807, 2.05) is 18.2 Å². The van der Waals surface area contributed by atoms with E-state index in [0.29, 0.717) is 29.4 Å². The minimum Gasteiger partial charge on any atom is -0.348 e. The summed E-state index contributed by atoms with van der Waals surface area (Å²) in [7, 11) is 0. The summed E-state index contributed by atoms with van der Waals surface area (Å²) in [4.78, 5) is 33.0. The fourth-order valence-electron chi connectivity index (χ4n) is 2.49. The van der Waals surface area contributed by atoms with Gasteiger partial charge in [0.25, 0.3) is 5.91 Å². The number of hydrogen-bond acceptors (Lipinski definition) is 6. The Hall–Kier alpha value is -3.20. The molecule has 26 heavy (non-hydrogen) atoms. The Labute approximate surface area is 153 Å². The van der Waals surface area contributed by atoms with E-state index in [4.69, 9.17) is 0 Å². The van der Waals surface area contributed by atoms with Crippen LogP contribution in [0.2, 0.25) is 0 Å². The number of anilines is 1. The Bertz CT molecular complexity index is 956. The maximum absolute atomic E-state index is 12.4. The van der Waals surface area contributed by atoms with Crippen molar-refractivity contribution in [2.24, 2.45) is 0 Å². The van der Waals surface area contributed by atoms with E-state index in [-0.39, 0.29) is 11.8 Å². The van der Waals surface area contributed by atoms with Gasteiger partial charge >= 0.3 is 0 Å². The number of carbonyl (C=O) groups is 2. The molecule has 0 aliphatic carbocycles. The van der Waals surface area contributed by atoms with Gasteiger partial charge in [0.2, 0.25) is 5.91 Å². The summed E-state index contributed by atoms with van der Waals surface area (Å²) in [6.45, 7) is 0.349. The van der Waals surface area contributed by atoms with Crippen molar-refractivity contribution < 1.29 is 9.59 Å². The summed E-state index contributed by atoms with van der Waals surface area (Å²) in [6.07, 6.45) is 4.69. The van der Waals surface area contributed by atoms with E-state index in [1.54, 1.807) is 29.3 Å². The summed E-state index contributed by atoms with van der Waals surface area (Å²) in [5.41, 5.74) is 2.04. The van der Waals surface area contributed by atoms with Gasteiger partial charge < -0.3 is 10.6 Å². The van der Waals surface area contributed by atoms with E-state index in [9.17, 15) is 9.59 Å². The lowest BCUT2D eigenvalue weighted by Gasteiger charge is -2.17. The molecule has 1 aromatic carbocycles. The molecule has 0 bridgehead atoms. The summed E-state index contributed by atoms with van der Waals surface area (Å²) < 4.78 is 1.56. The van der Waals surface area contributed by atoms with Gasteiger partial charge in [-0.15, -0.1) is 11.8 Å². The molecule has 0 fully saturated rings. The van der Waals surface area contributed by atoms with Gasteiger partial charge in [0.1, 0.15) is 12.7 Å². The molecule has 2 aromatic heterocycles. The zero-order chi connectivity index (χ0) is 17.9. The highest BCUT2D eigenvalue weighted by molar-refractivity contribution is 8.00. The van der Waals surface area contributed by atoms with Crippen molar-refractivity contribution >= 4 is 29.3 Å². The molecular formula is C17H14N6O2S. The second-order valence-corrected chi connectivity index (χ2v) is 6.61. The van der Waals surface area contributed by atoms with Gasteiger partial charge in [-0.3, -0.25) is 9.59 Å². The molecule has 0 atom stereocenters. The van der Waals surface area contributed by atoms with Crippen LogP contribution < -0.4 is 10.6 Å². The summed E-state index contributed by atoms with van der Waals surface area (Å²) in [6, 6.07) is 8.98. The van der Waals surface area contributed by atoms with Crippen molar-refractivity contribution in [3.05, 3.63) is 60.3 Å². The first-order valence-corrected chi connectivity index (χ1v) is 8.82. The molecule has 4 rings (SSSR count). The largest absolute Gasteiger partial charge is 0.348 e. The number of aromatic nitrogens is 4. The molecule has 1 aliphatic rings. The van der Waals surface area contributed by atoms with E-state index >= 15 is 0 Å². The molecule has 2 N–H and O–H groups in total.